The van der Waals surface area contributed by atoms with Gasteiger partial charge in [0.05, 0.1) is 5.25 Å². The van der Waals surface area contributed by atoms with Gasteiger partial charge in [0.15, 0.2) is 0 Å². The number of carbonyl (C=O) groups excluding carboxylic acids is 3. The van der Waals surface area contributed by atoms with Gasteiger partial charge in [-0.1, -0.05) is 72.3 Å². The molecule has 0 saturated carbocycles. The number of aryl methyl sites for hydroxylation is 1. The normalized spacial score (nSPS) is 11.8. The second-order valence-electron chi connectivity index (χ2n) is 8.98. The summed E-state index contributed by atoms with van der Waals surface area (Å²) in [5.41, 5.74) is 3.39. The van der Waals surface area contributed by atoms with Crippen LogP contribution >= 0.6 is 23.4 Å². The SMILES string of the molecule is Cc1ccc(NC(=O)C(C)Sc2cccc(NC(=O)/C(=C/c3ccccc3)NC(=O)c3ccccc3)c2)cc1Cl. The number of benzene rings is 4. The number of rotatable bonds is 9. The Hall–Kier alpha value is -4.33. The Balaban J connectivity index is 1.45. The van der Waals surface area contributed by atoms with E-state index >= 15 is 0 Å². The molecule has 0 radical (unpaired) electrons. The fourth-order valence-corrected chi connectivity index (χ4v) is 4.78. The topological polar surface area (TPSA) is 87.3 Å². The van der Waals surface area contributed by atoms with Crippen molar-refractivity contribution in [3.8, 4) is 0 Å². The Labute approximate surface area is 242 Å². The number of thioether (sulfide) groups is 1. The van der Waals surface area contributed by atoms with Crippen LogP contribution in [-0.4, -0.2) is 23.0 Å². The number of nitrogens with one attached hydrogen (secondary N) is 3. The highest BCUT2D eigenvalue weighted by atomic mass is 35.5. The van der Waals surface area contributed by atoms with Crippen molar-refractivity contribution in [3.63, 3.8) is 0 Å². The number of halogens is 1. The average Bonchev–Trinajstić information content (AvgIpc) is 2.95. The molecule has 1 unspecified atom stereocenters. The van der Waals surface area contributed by atoms with Gasteiger partial charge in [-0.25, -0.2) is 0 Å². The second-order valence-corrected chi connectivity index (χ2v) is 10.8. The van der Waals surface area contributed by atoms with E-state index in [2.05, 4.69) is 16.0 Å². The maximum absolute atomic E-state index is 13.3. The predicted octanol–water partition coefficient (Wildman–Crippen LogP) is 7.18. The Morgan fingerprint density at radius 2 is 1.48 bits per heavy atom. The molecule has 0 aliphatic carbocycles. The lowest BCUT2D eigenvalue weighted by atomic mass is 10.1. The molecule has 8 heteroatoms. The number of hydrogen-bond donors (Lipinski definition) is 3. The van der Waals surface area contributed by atoms with E-state index in [1.807, 2.05) is 61.5 Å². The first-order chi connectivity index (χ1) is 19.3. The molecule has 40 heavy (non-hydrogen) atoms. The van der Waals surface area contributed by atoms with Crippen LogP contribution in [-0.2, 0) is 9.59 Å². The molecule has 4 rings (SSSR count). The lowest BCUT2D eigenvalue weighted by Gasteiger charge is -2.14. The Kier molecular flexibility index (Phi) is 9.78. The summed E-state index contributed by atoms with van der Waals surface area (Å²) >= 11 is 7.53. The van der Waals surface area contributed by atoms with Gasteiger partial charge in [-0.15, -0.1) is 11.8 Å². The third-order valence-corrected chi connectivity index (χ3v) is 7.35. The smallest absolute Gasteiger partial charge is 0.272 e. The van der Waals surface area contributed by atoms with Gasteiger partial charge in [0.25, 0.3) is 11.8 Å². The zero-order valence-corrected chi connectivity index (χ0v) is 23.6. The van der Waals surface area contributed by atoms with Gasteiger partial charge in [-0.05, 0) is 73.5 Å². The van der Waals surface area contributed by atoms with E-state index in [-0.39, 0.29) is 11.6 Å². The molecule has 0 fully saturated rings. The van der Waals surface area contributed by atoms with Gasteiger partial charge in [-0.2, -0.15) is 0 Å². The third kappa shape index (κ3) is 8.09. The molecule has 1 atom stereocenters. The molecule has 0 aromatic heterocycles. The van der Waals surface area contributed by atoms with Crippen molar-refractivity contribution >= 4 is 58.5 Å². The standard InChI is InChI=1S/C32H28ClN3O3S/c1-21-16-17-26(20-28(21)33)34-30(37)22(2)40-27-15-9-14-25(19-27)35-32(39)29(18-23-10-5-3-6-11-23)36-31(38)24-12-7-4-8-13-24/h3-20,22H,1-2H3,(H,34,37)(H,35,39)(H,36,38)/b29-18-. The lowest BCUT2D eigenvalue weighted by Crippen LogP contribution is -2.30. The Morgan fingerprint density at radius 3 is 2.17 bits per heavy atom. The minimum absolute atomic E-state index is 0.0996. The maximum Gasteiger partial charge on any atom is 0.272 e. The summed E-state index contributed by atoms with van der Waals surface area (Å²) in [6.45, 7) is 3.71. The van der Waals surface area contributed by atoms with Crippen LogP contribution in [0.15, 0.2) is 114 Å². The quantitative estimate of drug-likeness (QED) is 0.147. The van der Waals surface area contributed by atoms with Crippen LogP contribution in [0.2, 0.25) is 5.02 Å². The molecule has 0 aliphatic rings. The fraction of sp³-hybridized carbons (Fsp3) is 0.0938. The van der Waals surface area contributed by atoms with Crippen LogP contribution in [0.3, 0.4) is 0 Å². The summed E-state index contributed by atoms with van der Waals surface area (Å²) in [4.78, 5) is 39.7. The average molecular weight is 570 g/mol. The largest absolute Gasteiger partial charge is 0.325 e. The minimum Gasteiger partial charge on any atom is -0.325 e. The van der Waals surface area contributed by atoms with Crippen LogP contribution in [0.1, 0.15) is 28.4 Å². The predicted molar refractivity (Wildman–Crippen MR) is 164 cm³/mol. The van der Waals surface area contributed by atoms with Crippen molar-refractivity contribution in [2.24, 2.45) is 0 Å². The first-order valence-electron chi connectivity index (χ1n) is 12.6. The van der Waals surface area contributed by atoms with Crippen molar-refractivity contribution in [3.05, 3.63) is 131 Å². The molecule has 6 nitrogen and oxygen atoms in total. The summed E-state index contributed by atoms with van der Waals surface area (Å²) in [7, 11) is 0. The van der Waals surface area contributed by atoms with E-state index in [9.17, 15) is 14.4 Å². The van der Waals surface area contributed by atoms with Crippen molar-refractivity contribution in [1.82, 2.24) is 5.32 Å². The zero-order valence-electron chi connectivity index (χ0n) is 22.0. The monoisotopic (exact) mass is 569 g/mol. The number of amides is 3. The maximum atomic E-state index is 13.3. The molecule has 4 aromatic carbocycles. The van der Waals surface area contributed by atoms with Crippen LogP contribution < -0.4 is 16.0 Å². The first-order valence-corrected chi connectivity index (χ1v) is 13.8. The number of anilines is 2. The van der Waals surface area contributed by atoms with E-state index in [0.29, 0.717) is 22.0 Å². The van der Waals surface area contributed by atoms with E-state index in [4.69, 9.17) is 11.6 Å². The molecule has 0 bridgehead atoms. The highest BCUT2D eigenvalue weighted by molar-refractivity contribution is 8.00. The fourth-order valence-electron chi connectivity index (χ4n) is 3.68. The molecule has 0 heterocycles. The molecule has 3 N–H and O–H groups in total. The van der Waals surface area contributed by atoms with Crippen LogP contribution in [0.25, 0.3) is 6.08 Å². The molecular weight excluding hydrogens is 542 g/mol. The molecule has 202 valence electrons. The van der Waals surface area contributed by atoms with E-state index in [1.165, 1.54) is 11.8 Å². The molecule has 0 spiro atoms. The highest BCUT2D eigenvalue weighted by Crippen LogP contribution is 2.27. The van der Waals surface area contributed by atoms with E-state index < -0.39 is 17.1 Å². The molecule has 3 amide bonds. The Bertz CT molecular complexity index is 1540. The van der Waals surface area contributed by atoms with Crippen molar-refractivity contribution in [2.75, 3.05) is 10.6 Å². The minimum atomic E-state index is -0.475. The summed E-state index contributed by atoms with van der Waals surface area (Å²) in [5, 5.41) is 8.66. The molecule has 4 aromatic rings. The van der Waals surface area contributed by atoms with Crippen LogP contribution in [0, 0.1) is 6.92 Å². The van der Waals surface area contributed by atoms with E-state index in [1.54, 1.807) is 61.5 Å². The molecule has 0 aliphatic heterocycles. The van der Waals surface area contributed by atoms with Gasteiger partial charge in [0, 0.05) is 26.9 Å². The van der Waals surface area contributed by atoms with Gasteiger partial charge in [0.2, 0.25) is 5.91 Å². The van der Waals surface area contributed by atoms with Gasteiger partial charge < -0.3 is 16.0 Å². The van der Waals surface area contributed by atoms with Gasteiger partial charge in [0.1, 0.15) is 5.70 Å². The number of carbonyl (C=O) groups is 3. The van der Waals surface area contributed by atoms with Crippen LogP contribution in [0.5, 0.6) is 0 Å². The molecule has 0 saturated heterocycles. The first kappa shape index (κ1) is 28.7. The summed E-state index contributed by atoms with van der Waals surface area (Å²) in [6, 6.07) is 30.5. The summed E-state index contributed by atoms with van der Waals surface area (Å²) in [6.07, 6.45) is 1.62. The van der Waals surface area contributed by atoms with Crippen molar-refractivity contribution < 1.29 is 14.4 Å². The van der Waals surface area contributed by atoms with Crippen molar-refractivity contribution in [2.45, 2.75) is 24.0 Å². The van der Waals surface area contributed by atoms with Gasteiger partial charge in [-0.3, -0.25) is 14.4 Å². The summed E-state index contributed by atoms with van der Waals surface area (Å²) < 4.78 is 0. The lowest BCUT2D eigenvalue weighted by molar-refractivity contribution is -0.115. The summed E-state index contributed by atoms with van der Waals surface area (Å²) in [5.74, 6) is -1.04. The molecular formula is C32H28ClN3O3S. The second kappa shape index (κ2) is 13.6. The third-order valence-electron chi connectivity index (χ3n) is 5.85. The number of hydrogen-bond acceptors (Lipinski definition) is 4. The van der Waals surface area contributed by atoms with Gasteiger partial charge >= 0.3 is 0 Å². The van der Waals surface area contributed by atoms with E-state index in [0.717, 1.165) is 16.0 Å². The van der Waals surface area contributed by atoms with Crippen LogP contribution in [0.4, 0.5) is 11.4 Å². The highest BCUT2D eigenvalue weighted by Gasteiger charge is 2.17. The Morgan fingerprint density at radius 1 is 0.800 bits per heavy atom. The zero-order chi connectivity index (χ0) is 28.5. The van der Waals surface area contributed by atoms with Crippen molar-refractivity contribution in [1.29, 1.82) is 0 Å².